The Labute approximate surface area is 71.3 Å². The van der Waals surface area contributed by atoms with Crippen LogP contribution in [0.2, 0.25) is 0 Å². The van der Waals surface area contributed by atoms with Crippen molar-refractivity contribution in [3.05, 3.63) is 0 Å². The van der Waals surface area contributed by atoms with Crippen LogP contribution >= 0.6 is 0 Å². The van der Waals surface area contributed by atoms with Crippen molar-refractivity contribution in [1.29, 1.82) is 0 Å². The summed E-state index contributed by atoms with van der Waals surface area (Å²) in [4.78, 5) is 10.2. The molecule has 2 aliphatic rings. The summed E-state index contributed by atoms with van der Waals surface area (Å²) in [5.74, 6) is 0.586. The second-order valence-electron chi connectivity index (χ2n) is 4.06. The minimum atomic E-state index is -0.900. The molecule has 12 heavy (non-hydrogen) atoms. The lowest BCUT2D eigenvalue weighted by molar-refractivity contribution is 0.00158. The molecule has 1 aliphatic heterocycles. The quantitative estimate of drug-likeness (QED) is 0.557. The van der Waals surface area contributed by atoms with E-state index in [0.29, 0.717) is 17.9 Å². The summed E-state index contributed by atoms with van der Waals surface area (Å²) in [6, 6.07) is 0. The third kappa shape index (κ3) is 1.27. The number of nitrogens with one attached hydrogen (secondary N) is 2. The largest absolute Gasteiger partial charge is 0.465 e. The molecular weight excluding hydrogens is 156 g/mol. The van der Waals surface area contributed by atoms with Gasteiger partial charge in [0.2, 0.25) is 0 Å². The molecule has 0 radical (unpaired) electrons. The Kier molecular flexibility index (Phi) is 1.72. The van der Waals surface area contributed by atoms with Gasteiger partial charge in [-0.3, -0.25) is 0 Å². The van der Waals surface area contributed by atoms with E-state index in [2.05, 4.69) is 10.6 Å². The van der Waals surface area contributed by atoms with Crippen LogP contribution in [0.1, 0.15) is 12.8 Å². The topological polar surface area (TPSA) is 61.4 Å². The standard InChI is InChI=1S/C8H14N2O2/c11-7(12)10-3-6-1-8(2-6)4-9-5-8/h6,9-10H,1-5H2,(H,11,12). The zero-order chi connectivity index (χ0) is 8.60. The smallest absolute Gasteiger partial charge is 0.404 e. The van der Waals surface area contributed by atoms with Gasteiger partial charge in [-0.15, -0.1) is 0 Å². The van der Waals surface area contributed by atoms with Gasteiger partial charge in [0, 0.05) is 19.6 Å². The normalized spacial score (nSPS) is 26.0. The highest BCUT2D eigenvalue weighted by atomic mass is 16.4. The molecule has 1 saturated carbocycles. The van der Waals surface area contributed by atoms with E-state index in [4.69, 9.17) is 5.11 Å². The molecule has 0 aromatic carbocycles. The second-order valence-corrected chi connectivity index (χ2v) is 4.06. The minimum absolute atomic E-state index is 0.560. The fraction of sp³-hybridized carbons (Fsp3) is 0.875. The summed E-state index contributed by atoms with van der Waals surface area (Å²) >= 11 is 0. The van der Waals surface area contributed by atoms with Crippen molar-refractivity contribution in [2.75, 3.05) is 19.6 Å². The Hall–Kier alpha value is -0.770. The Morgan fingerprint density at radius 3 is 2.67 bits per heavy atom. The van der Waals surface area contributed by atoms with Crippen molar-refractivity contribution >= 4 is 6.09 Å². The molecule has 2 rings (SSSR count). The Balaban J connectivity index is 1.64. The van der Waals surface area contributed by atoms with E-state index in [1.807, 2.05) is 0 Å². The van der Waals surface area contributed by atoms with Crippen molar-refractivity contribution in [3.63, 3.8) is 0 Å². The molecule has 1 amide bonds. The maximum atomic E-state index is 10.2. The van der Waals surface area contributed by atoms with E-state index in [-0.39, 0.29) is 0 Å². The number of amides is 1. The van der Waals surface area contributed by atoms with Crippen LogP contribution < -0.4 is 10.6 Å². The van der Waals surface area contributed by atoms with E-state index in [1.54, 1.807) is 0 Å². The molecule has 4 heteroatoms. The summed E-state index contributed by atoms with van der Waals surface area (Å²) in [6.07, 6.45) is 1.49. The zero-order valence-electron chi connectivity index (χ0n) is 6.97. The fourth-order valence-electron chi connectivity index (χ4n) is 2.31. The van der Waals surface area contributed by atoms with Gasteiger partial charge < -0.3 is 15.7 Å². The lowest BCUT2D eigenvalue weighted by Crippen LogP contribution is -2.61. The van der Waals surface area contributed by atoms with Gasteiger partial charge in [0.15, 0.2) is 0 Å². The molecule has 3 N–H and O–H groups in total. The average molecular weight is 170 g/mol. The van der Waals surface area contributed by atoms with Crippen molar-refractivity contribution < 1.29 is 9.90 Å². The molecule has 68 valence electrons. The van der Waals surface area contributed by atoms with Crippen molar-refractivity contribution in [1.82, 2.24) is 10.6 Å². The predicted octanol–water partition coefficient (Wildman–Crippen LogP) is 0.254. The Morgan fingerprint density at radius 1 is 1.58 bits per heavy atom. The molecule has 0 atom stereocenters. The van der Waals surface area contributed by atoms with E-state index < -0.39 is 6.09 Å². The molecular formula is C8H14N2O2. The van der Waals surface area contributed by atoms with Gasteiger partial charge in [-0.2, -0.15) is 0 Å². The van der Waals surface area contributed by atoms with Crippen LogP contribution in [-0.2, 0) is 0 Å². The van der Waals surface area contributed by atoms with Crippen LogP contribution in [0, 0.1) is 11.3 Å². The van der Waals surface area contributed by atoms with E-state index >= 15 is 0 Å². The molecule has 1 spiro atoms. The van der Waals surface area contributed by atoms with Crippen LogP contribution in [0.5, 0.6) is 0 Å². The lowest BCUT2D eigenvalue weighted by Gasteiger charge is -2.54. The van der Waals surface area contributed by atoms with Crippen LogP contribution in [0.4, 0.5) is 4.79 Å². The third-order valence-corrected chi connectivity index (χ3v) is 2.99. The zero-order valence-corrected chi connectivity index (χ0v) is 6.97. The van der Waals surface area contributed by atoms with Gasteiger partial charge in [-0.05, 0) is 24.2 Å². The first-order chi connectivity index (χ1) is 5.70. The lowest BCUT2D eigenvalue weighted by atomic mass is 9.58. The fourth-order valence-corrected chi connectivity index (χ4v) is 2.31. The highest BCUT2D eigenvalue weighted by Gasteiger charge is 2.47. The molecule has 0 aromatic heterocycles. The van der Waals surface area contributed by atoms with Crippen LogP contribution in [0.25, 0.3) is 0 Å². The van der Waals surface area contributed by atoms with Gasteiger partial charge in [0.25, 0.3) is 0 Å². The maximum absolute atomic E-state index is 10.2. The summed E-state index contributed by atoms with van der Waals surface area (Å²) in [7, 11) is 0. The Bertz CT molecular complexity index is 193. The van der Waals surface area contributed by atoms with Crippen LogP contribution in [0.15, 0.2) is 0 Å². The second kappa shape index (κ2) is 2.62. The third-order valence-electron chi connectivity index (χ3n) is 2.99. The van der Waals surface area contributed by atoms with E-state index in [0.717, 1.165) is 13.1 Å². The summed E-state index contributed by atoms with van der Waals surface area (Å²) < 4.78 is 0. The van der Waals surface area contributed by atoms with Crippen LogP contribution in [-0.4, -0.2) is 30.8 Å². The van der Waals surface area contributed by atoms with Crippen LogP contribution in [0.3, 0.4) is 0 Å². The molecule has 0 unspecified atom stereocenters. The molecule has 0 aromatic rings. The predicted molar refractivity (Wildman–Crippen MR) is 44.1 cm³/mol. The maximum Gasteiger partial charge on any atom is 0.404 e. The first kappa shape index (κ1) is 7.86. The number of carbonyl (C=O) groups is 1. The van der Waals surface area contributed by atoms with Gasteiger partial charge in [0.1, 0.15) is 0 Å². The summed E-state index contributed by atoms with van der Waals surface area (Å²) in [6.45, 7) is 2.91. The van der Waals surface area contributed by atoms with Gasteiger partial charge in [-0.1, -0.05) is 0 Å². The molecule has 1 heterocycles. The highest BCUT2D eigenvalue weighted by Crippen LogP contribution is 2.47. The average Bonchev–Trinajstić information content (AvgIpc) is 1.79. The number of hydrogen-bond donors (Lipinski definition) is 3. The van der Waals surface area contributed by atoms with E-state index in [9.17, 15) is 4.79 Å². The SMILES string of the molecule is O=C(O)NCC1CC2(CNC2)C1. The monoisotopic (exact) mass is 170 g/mol. The van der Waals surface area contributed by atoms with Crippen molar-refractivity contribution in [3.8, 4) is 0 Å². The summed E-state index contributed by atoms with van der Waals surface area (Å²) in [5, 5.41) is 14.0. The summed E-state index contributed by atoms with van der Waals surface area (Å²) in [5.41, 5.74) is 0.560. The number of rotatable bonds is 2. The van der Waals surface area contributed by atoms with Gasteiger partial charge in [0.05, 0.1) is 0 Å². The minimum Gasteiger partial charge on any atom is -0.465 e. The number of carboxylic acid groups (broad SMARTS) is 1. The van der Waals surface area contributed by atoms with Crippen molar-refractivity contribution in [2.24, 2.45) is 11.3 Å². The molecule has 1 aliphatic carbocycles. The first-order valence-electron chi connectivity index (χ1n) is 4.38. The van der Waals surface area contributed by atoms with E-state index in [1.165, 1.54) is 12.8 Å². The van der Waals surface area contributed by atoms with Gasteiger partial charge >= 0.3 is 6.09 Å². The molecule has 4 nitrogen and oxygen atoms in total. The van der Waals surface area contributed by atoms with Crippen molar-refractivity contribution in [2.45, 2.75) is 12.8 Å². The first-order valence-corrected chi connectivity index (χ1v) is 4.38. The van der Waals surface area contributed by atoms with Gasteiger partial charge in [-0.25, -0.2) is 4.79 Å². The molecule has 0 bridgehead atoms. The number of hydrogen-bond acceptors (Lipinski definition) is 2. The Morgan fingerprint density at radius 2 is 2.25 bits per heavy atom. The highest BCUT2D eigenvalue weighted by molar-refractivity contribution is 5.64. The molecule has 1 saturated heterocycles. The molecule has 2 fully saturated rings.